The lowest BCUT2D eigenvalue weighted by molar-refractivity contribution is -0.137. The minimum Gasteiger partial charge on any atom is -0.497 e. The number of hydrogen-bond acceptors (Lipinski definition) is 3. The number of carbonyl (C=O) groups excluding carboxylic acids is 1. The molecule has 1 aromatic carbocycles. The number of ether oxygens (including phenoxy) is 1. The molecule has 0 aromatic heterocycles. The van der Waals surface area contributed by atoms with Crippen LogP contribution in [-0.2, 0) is 4.79 Å². The highest BCUT2D eigenvalue weighted by molar-refractivity contribution is 5.77. The highest BCUT2D eigenvalue weighted by Crippen LogP contribution is 2.35. The largest absolute Gasteiger partial charge is 0.497 e. The fraction of sp³-hybridized carbons (Fsp3) is 0.500. The van der Waals surface area contributed by atoms with Gasteiger partial charge in [0, 0.05) is 26.0 Å². The van der Waals surface area contributed by atoms with Gasteiger partial charge in [-0.1, -0.05) is 12.1 Å². The third kappa shape index (κ3) is 2.34. The maximum absolute atomic E-state index is 11.8. The van der Waals surface area contributed by atoms with Crippen molar-refractivity contribution in [2.24, 2.45) is 5.92 Å². The number of hydrogen-bond donors (Lipinski definition) is 1. The summed E-state index contributed by atoms with van der Waals surface area (Å²) in [6.45, 7) is 0.105. The number of aliphatic hydroxyl groups is 1. The predicted octanol–water partition coefficient (Wildman–Crippen LogP) is 1.60. The molecule has 98 valence electrons. The number of likely N-dealkylation sites (tertiary alicyclic amines) is 1. The lowest BCUT2D eigenvalue weighted by Gasteiger charge is -2.38. The molecule has 1 fully saturated rings. The normalized spacial score (nSPS) is 24.2. The van der Waals surface area contributed by atoms with E-state index in [0.29, 0.717) is 6.42 Å². The summed E-state index contributed by atoms with van der Waals surface area (Å²) in [7, 11) is 3.43. The van der Waals surface area contributed by atoms with Crippen LogP contribution in [0.2, 0.25) is 0 Å². The molecule has 1 aliphatic rings. The van der Waals surface area contributed by atoms with Gasteiger partial charge < -0.3 is 14.7 Å². The molecule has 2 atom stereocenters. The average Bonchev–Trinajstić information content (AvgIpc) is 2.42. The summed E-state index contributed by atoms with van der Waals surface area (Å²) in [6, 6.07) is 7.65. The van der Waals surface area contributed by atoms with Crippen molar-refractivity contribution in [1.82, 2.24) is 4.90 Å². The first-order chi connectivity index (χ1) is 8.67. The minimum atomic E-state index is -0.0397. The van der Waals surface area contributed by atoms with Gasteiger partial charge in [-0.25, -0.2) is 0 Å². The fourth-order valence-corrected chi connectivity index (χ4v) is 2.60. The van der Waals surface area contributed by atoms with Crippen LogP contribution < -0.4 is 4.74 Å². The molecule has 0 aliphatic carbocycles. The highest BCUT2D eigenvalue weighted by Gasteiger charge is 2.34. The molecular formula is C14H19NO3. The van der Waals surface area contributed by atoms with E-state index in [1.807, 2.05) is 24.3 Å². The third-order valence-corrected chi connectivity index (χ3v) is 3.68. The molecule has 0 spiro atoms. The Morgan fingerprint density at radius 3 is 2.61 bits per heavy atom. The van der Waals surface area contributed by atoms with Crippen molar-refractivity contribution in [2.75, 3.05) is 20.8 Å². The molecule has 2 rings (SSSR count). The molecule has 0 bridgehead atoms. The second-order valence-corrected chi connectivity index (χ2v) is 4.70. The summed E-state index contributed by atoms with van der Waals surface area (Å²) in [5, 5.41) is 9.46. The van der Waals surface area contributed by atoms with Gasteiger partial charge in [-0.15, -0.1) is 0 Å². The molecule has 2 unspecified atom stereocenters. The maximum Gasteiger partial charge on any atom is 0.222 e. The molecular weight excluding hydrogens is 230 g/mol. The van der Waals surface area contributed by atoms with E-state index in [0.717, 1.165) is 17.7 Å². The van der Waals surface area contributed by atoms with Gasteiger partial charge in [0.25, 0.3) is 0 Å². The molecule has 1 saturated heterocycles. The highest BCUT2D eigenvalue weighted by atomic mass is 16.5. The Bertz CT molecular complexity index is 416. The first-order valence-electron chi connectivity index (χ1n) is 6.18. The van der Waals surface area contributed by atoms with Gasteiger partial charge in [-0.05, 0) is 24.1 Å². The summed E-state index contributed by atoms with van der Waals surface area (Å²) in [6.07, 6.45) is 1.27. The van der Waals surface area contributed by atoms with Gasteiger partial charge in [-0.2, -0.15) is 0 Å². The van der Waals surface area contributed by atoms with Gasteiger partial charge in [-0.3, -0.25) is 4.79 Å². The zero-order valence-electron chi connectivity index (χ0n) is 10.8. The molecule has 4 nitrogen and oxygen atoms in total. The summed E-state index contributed by atoms with van der Waals surface area (Å²) in [5.41, 5.74) is 1.05. The summed E-state index contributed by atoms with van der Waals surface area (Å²) >= 11 is 0. The van der Waals surface area contributed by atoms with Crippen LogP contribution in [0.15, 0.2) is 24.3 Å². The molecule has 1 N–H and O–H groups in total. The van der Waals surface area contributed by atoms with Gasteiger partial charge in [0.05, 0.1) is 13.2 Å². The number of rotatable bonds is 3. The van der Waals surface area contributed by atoms with E-state index in [2.05, 4.69) is 0 Å². The zero-order chi connectivity index (χ0) is 13.1. The molecule has 1 aromatic rings. The molecule has 4 heteroatoms. The smallest absolute Gasteiger partial charge is 0.222 e. The summed E-state index contributed by atoms with van der Waals surface area (Å²) < 4.78 is 5.13. The van der Waals surface area contributed by atoms with Crippen molar-refractivity contribution in [2.45, 2.75) is 18.9 Å². The summed E-state index contributed by atoms with van der Waals surface area (Å²) in [4.78, 5) is 13.5. The van der Waals surface area contributed by atoms with E-state index >= 15 is 0 Å². The number of aliphatic hydroxyl groups excluding tert-OH is 1. The standard InChI is InChI=1S/C14H19NO3/c1-15-13(17)8-5-11(9-16)14(15)10-3-6-12(18-2)7-4-10/h3-4,6-7,11,14,16H,5,8-9H2,1-2H3. The Balaban J connectivity index is 2.28. The molecule has 1 amide bonds. The summed E-state index contributed by atoms with van der Waals surface area (Å²) in [5.74, 6) is 1.05. The predicted molar refractivity (Wildman–Crippen MR) is 68.3 cm³/mol. The van der Waals surface area contributed by atoms with Crippen LogP contribution in [0.4, 0.5) is 0 Å². The number of nitrogens with zero attached hydrogens (tertiary/aromatic N) is 1. The molecule has 1 heterocycles. The van der Waals surface area contributed by atoms with E-state index < -0.39 is 0 Å². The Morgan fingerprint density at radius 1 is 1.39 bits per heavy atom. The number of carbonyl (C=O) groups is 1. The van der Waals surface area contributed by atoms with E-state index in [-0.39, 0.29) is 24.5 Å². The van der Waals surface area contributed by atoms with E-state index in [1.165, 1.54) is 0 Å². The zero-order valence-corrected chi connectivity index (χ0v) is 10.8. The quantitative estimate of drug-likeness (QED) is 0.885. The molecule has 18 heavy (non-hydrogen) atoms. The number of piperidine rings is 1. The van der Waals surface area contributed by atoms with Crippen molar-refractivity contribution in [3.05, 3.63) is 29.8 Å². The minimum absolute atomic E-state index is 0.0397. The SMILES string of the molecule is COc1ccc(C2C(CO)CCC(=O)N2C)cc1. The first-order valence-corrected chi connectivity index (χ1v) is 6.18. The van der Waals surface area contributed by atoms with Crippen LogP contribution >= 0.6 is 0 Å². The second kappa shape index (κ2) is 5.40. The Morgan fingerprint density at radius 2 is 2.06 bits per heavy atom. The van der Waals surface area contributed by atoms with Crippen LogP contribution in [0.1, 0.15) is 24.4 Å². The Hall–Kier alpha value is -1.55. The van der Waals surface area contributed by atoms with E-state index in [1.54, 1.807) is 19.1 Å². The number of methoxy groups -OCH3 is 1. The van der Waals surface area contributed by atoms with Gasteiger partial charge in [0.1, 0.15) is 5.75 Å². The van der Waals surface area contributed by atoms with Crippen molar-refractivity contribution < 1.29 is 14.6 Å². The monoisotopic (exact) mass is 249 g/mol. The topological polar surface area (TPSA) is 49.8 Å². The fourth-order valence-electron chi connectivity index (χ4n) is 2.60. The average molecular weight is 249 g/mol. The Labute approximate surface area is 107 Å². The van der Waals surface area contributed by atoms with Crippen LogP contribution in [0.3, 0.4) is 0 Å². The van der Waals surface area contributed by atoms with Gasteiger partial charge in [0.2, 0.25) is 5.91 Å². The van der Waals surface area contributed by atoms with E-state index in [9.17, 15) is 9.90 Å². The maximum atomic E-state index is 11.8. The van der Waals surface area contributed by atoms with Gasteiger partial charge in [0.15, 0.2) is 0 Å². The van der Waals surface area contributed by atoms with Crippen molar-refractivity contribution in [1.29, 1.82) is 0 Å². The van der Waals surface area contributed by atoms with Crippen LogP contribution in [0.5, 0.6) is 5.75 Å². The second-order valence-electron chi connectivity index (χ2n) is 4.70. The first kappa shape index (κ1) is 12.9. The lowest BCUT2D eigenvalue weighted by atomic mass is 9.85. The Kier molecular flexibility index (Phi) is 3.87. The molecule has 0 radical (unpaired) electrons. The van der Waals surface area contributed by atoms with Gasteiger partial charge >= 0.3 is 0 Å². The van der Waals surface area contributed by atoms with E-state index in [4.69, 9.17) is 4.74 Å². The van der Waals surface area contributed by atoms with Crippen molar-refractivity contribution in [3.8, 4) is 5.75 Å². The number of amides is 1. The van der Waals surface area contributed by atoms with Crippen LogP contribution in [0, 0.1) is 5.92 Å². The van der Waals surface area contributed by atoms with Crippen LogP contribution in [0.25, 0.3) is 0 Å². The lowest BCUT2D eigenvalue weighted by Crippen LogP contribution is -2.41. The molecule has 0 saturated carbocycles. The number of benzene rings is 1. The van der Waals surface area contributed by atoms with Crippen molar-refractivity contribution >= 4 is 5.91 Å². The van der Waals surface area contributed by atoms with Crippen LogP contribution in [-0.4, -0.2) is 36.7 Å². The third-order valence-electron chi connectivity index (χ3n) is 3.68. The molecule has 1 aliphatic heterocycles. The van der Waals surface area contributed by atoms with Crippen molar-refractivity contribution in [3.63, 3.8) is 0 Å².